The van der Waals surface area contributed by atoms with Crippen LogP contribution in [0.25, 0.3) is 10.8 Å². The highest BCUT2D eigenvalue weighted by Crippen LogP contribution is 2.46. The molecule has 7 atom stereocenters. The van der Waals surface area contributed by atoms with Gasteiger partial charge in [0, 0.05) is 23.1 Å². The Morgan fingerprint density at radius 3 is 2.45 bits per heavy atom. The van der Waals surface area contributed by atoms with E-state index in [0.29, 0.717) is 63.7 Å². The number of nitrogens with one attached hydrogen (secondary N) is 3. The summed E-state index contributed by atoms with van der Waals surface area (Å²) in [7, 11) is -3.98. The summed E-state index contributed by atoms with van der Waals surface area (Å²) in [6, 6.07) is 4.51. The van der Waals surface area contributed by atoms with Gasteiger partial charge in [-0.25, -0.2) is 18.2 Å². The summed E-state index contributed by atoms with van der Waals surface area (Å²) >= 11 is 0. The average Bonchev–Trinajstić information content (AvgIpc) is 4.08. The predicted octanol–water partition coefficient (Wildman–Crippen LogP) is 5.30. The fourth-order valence-corrected chi connectivity index (χ4v) is 9.03. The molecule has 2 aliphatic heterocycles. The van der Waals surface area contributed by atoms with E-state index in [1.165, 1.54) is 11.1 Å². The number of amides is 4. The second-order valence-electron chi connectivity index (χ2n) is 16.6. The van der Waals surface area contributed by atoms with Gasteiger partial charge in [0.25, 0.3) is 5.91 Å². The zero-order valence-electron chi connectivity index (χ0n) is 33.3. The summed E-state index contributed by atoms with van der Waals surface area (Å²) in [5, 5.41) is 5.81. The molecule has 58 heavy (non-hydrogen) atoms. The molecule has 6 rings (SSSR count). The van der Waals surface area contributed by atoms with Crippen molar-refractivity contribution in [3.8, 4) is 11.6 Å². The number of benzene rings is 1. The number of carbonyl (C=O) groups excluding carboxylic acids is 4. The lowest BCUT2D eigenvalue weighted by molar-refractivity contribution is -0.244. The van der Waals surface area contributed by atoms with Crippen LogP contribution >= 0.6 is 0 Å². The van der Waals surface area contributed by atoms with Crippen LogP contribution < -0.4 is 24.8 Å². The monoisotopic (exact) mass is 835 g/mol. The number of pyridine rings is 1. The Balaban J connectivity index is 1.35. The quantitative estimate of drug-likeness (QED) is 0.266. The Kier molecular flexibility index (Phi) is 12.3. The van der Waals surface area contributed by atoms with Gasteiger partial charge in [-0.15, -0.1) is 0 Å². The van der Waals surface area contributed by atoms with Crippen LogP contribution in [0.1, 0.15) is 86.0 Å². The Bertz CT molecular complexity index is 2040. The highest BCUT2D eigenvalue weighted by atomic mass is 32.2. The number of hydrogen-bond acceptors (Lipinski definition) is 10. The Morgan fingerprint density at radius 2 is 1.78 bits per heavy atom. The van der Waals surface area contributed by atoms with E-state index in [4.69, 9.17) is 14.2 Å². The minimum absolute atomic E-state index is 0.0331. The smallest absolute Gasteiger partial charge is 0.427 e. The highest BCUT2D eigenvalue weighted by Gasteiger charge is 2.62. The predicted molar refractivity (Wildman–Crippen MR) is 206 cm³/mol. The topological polar surface area (TPSA) is 182 Å². The van der Waals surface area contributed by atoms with Gasteiger partial charge in [0.05, 0.1) is 24.6 Å². The Morgan fingerprint density at radius 1 is 1.07 bits per heavy atom. The molecule has 1 saturated heterocycles. The minimum Gasteiger partial charge on any atom is -0.491 e. The molecule has 0 bridgehead atoms. The van der Waals surface area contributed by atoms with Crippen LogP contribution in [0.5, 0.6) is 11.6 Å². The normalized spacial score (nSPS) is 28.9. The van der Waals surface area contributed by atoms with Crippen molar-refractivity contribution in [3.05, 3.63) is 42.6 Å². The Hall–Kier alpha value is -4.61. The molecule has 2 saturated carbocycles. The van der Waals surface area contributed by atoms with Crippen molar-refractivity contribution in [1.82, 2.24) is 25.2 Å². The summed E-state index contributed by atoms with van der Waals surface area (Å²) in [5.41, 5.74) is -4.51. The van der Waals surface area contributed by atoms with Gasteiger partial charge in [0.1, 0.15) is 29.5 Å². The standard InChI is InChI=1S/C40H52F3N5O9S/c1-6-17-55-31-21-44-34(29-14-10-9-13-28(29)31)56-26-19-30-33(49)46-39(36(51)47-58(53,54)27-15-16-27)20-25(39)12-8-7-11-23(2)18-24(3)32(35(50)48(30)22-26)45-37(52)57-38(4,5)40(41,42)43/h8-10,12-14,21,23-27,30,32H,6-7,11,15-20,22H2,1-5H3,(H,45,52)(H,46,49)(H,47,51)/b12-8-/t23-,24-,25-,26-,30+,32+,39-/m1/s1. The second kappa shape index (κ2) is 16.6. The average molecular weight is 836 g/mol. The maximum absolute atomic E-state index is 14.8. The number of alkyl carbamates (subject to hydrolysis) is 1. The van der Waals surface area contributed by atoms with E-state index >= 15 is 0 Å². The first kappa shape index (κ1) is 43.0. The number of carbonyl (C=O) groups is 4. The molecule has 3 fully saturated rings. The van der Waals surface area contributed by atoms with Crippen LogP contribution in [0.2, 0.25) is 0 Å². The molecule has 14 nitrogen and oxygen atoms in total. The SMILES string of the molecule is CCCOc1cnc(O[C@@H]2C[C@H]3C(=O)N[C@]4(C(=O)NS(=O)(=O)C5CC5)C[C@H]4/C=C\CC[C@@H](C)C[C@@H](C)[C@H](NC(=O)OC(C)(C)C(F)(F)F)C(=O)N3C2)c2ccccc12. The third-order valence-electron chi connectivity index (χ3n) is 11.4. The van der Waals surface area contributed by atoms with Gasteiger partial charge < -0.3 is 29.7 Å². The first-order valence-electron chi connectivity index (χ1n) is 19.8. The number of aromatic nitrogens is 1. The summed E-state index contributed by atoms with van der Waals surface area (Å²) in [5.74, 6) is -2.90. The summed E-state index contributed by atoms with van der Waals surface area (Å²) < 4.78 is 86.2. The minimum atomic E-state index is -4.91. The third-order valence-corrected chi connectivity index (χ3v) is 13.2. The first-order chi connectivity index (χ1) is 27.3. The maximum atomic E-state index is 14.8. The van der Waals surface area contributed by atoms with Crippen LogP contribution in [0.4, 0.5) is 18.0 Å². The molecule has 0 radical (unpaired) electrons. The maximum Gasteiger partial charge on any atom is 0.427 e. The van der Waals surface area contributed by atoms with Gasteiger partial charge in [-0.3, -0.25) is 19.1 Å². The van der Waals surface area contributed by atoms with Crippen LogP contribution in [0.15, 0.2) is 42.6 Å². The largest absolute Gasteiger partial charge is 0.491 e. The van der Waals surface area contributed by atoms with Crippen molar-refractivity contribution in [2.75, 3.05) is 13.2 Å². The zero-order valence-corrected chi connectivity index (χ0v) is 34.1. The number of halogens is 3. The van der Waals surface area contributed by atoms with Crippen LogP contribution in [0.3, 0.4) is 0 Å². The lowest BCUT2D eigenvalue weighted by Crippen LogP contribution is -2.59. The van der Waals surface area contributed by atoms with Gasteiger partial charge in [-0.05, 0) is 76.7 Å². The number of ether oxygens (including phenoxy) is 3. The molecular formula is C40H52F3N5O9S. The number of hydrogen-bond donors (Lipinski definition) is 3. The number of fused-ring (bicyclic) bond motifs is 3. The lowest BCUT2D eigenvalue weighted by atomic mass is 9.88. The number of rotatable bonds is 10. The number of sulfonamides is 1. The molecular weight excluding hydrogens is 784 g/mol. The van der Waals surface area contributed by atoms with Crippen molar-refractivity contribution in [1.29, 1.82) is 0 Å². The molecule has 4 aliphatic rings. The molecule has 0 unspecified atom stereocenters. The summed E-state index contributed by atoms with van der Waals surface area (Å²) in [6.07, 6.45) is 1.07. The van der Waals surface area contributed by atoms with Crippen LogP contribution in [-0.2, 0) is 29.1 Å². The van der Waals surface area contributed by atoms with Gasteiger partial charge in [0.2, 0.25) is 33.3 Å². The first-order valence-corrected chi connectivity index (χ1v) is 21.4. The fraction of sp³-hybridized carbons (Fsp3) is 0.625. The van der Waals surface area contributed by atoms with E-state index in [1.807, 2.05) is 32.1 Å². The second-order valence-corrected chi connectivity index (χ2v) is 18.6. The fourth-order valence-electron chi connectivity index (χ4n) is 7.66. The summed E-state index contributed by atoms with van der Waals surface area (Å²) in [4.78, 5) is 61.8. The molecule has 318 valence electrons. The van der Waals surface area contributed by atoms with E-state index in [2.05, 4.69) is 20.3 Å². The number of nitrogens with zero attached hydrogens (tertiary/aromatic N) is 2. The van der Waals surface area contributed by atoms with E-state index < -0.39 is 86.4 Å². The zero-order chi connectivity index (χ0) is 42.2. The van der Waals surface area contributed by atoms with Crippen LogP contribution in [-0.4, -0.2) is 96.0 Å². The lowest BCUT2D eigenvalue weighted by Gasteiger charge is -2.34. The van der Waals surface area contributed by atoms with Crippen molar-refractivity contribution in [2.24, 2.45) is 17.8 Å². The molecule has 3 heterocycles. The molecule has 4 amide bonds. The Labute approximate surface area is 336 Å². The van der Waals surface area contributed by atoms with Crippen molar-refractivity contribution in [2.45, 2.75) is 127 Å². The number of alkyl halides is 3. The van der Waals surface area contributed by atoms with Crippen molar-refractivity contribution in [3.63, 3.8) is 0 Å². The van der Waals surface area contributed by atoms with E-state index in [-0.39, 0.29) is 31.2 Å². The number of allylic oxidation sites excluding steroid dienone is 1. The van der Waals surface area contributed by atoms with E-state index in [9.17, 15) is 40.8 Å². The molecule has 0 spiro atoms. The van der Waals surface area contributed by atoms with E-state index in [0.717, 1.165) is 11.8 Å². The highest BCUT2D eigenvalue weighted by molar-refractivity contribution is 7.91. The van der Waals surface area contributed by atoms with Gasteiger partial charge >= 0.3 is 12.3 Å². The van der Waals surface area contributed by atoms with Gasteiger partial charge in [-0.1, -0.05) is 51.1 Å². The van der Waals surface area contributed by atoms with Crippen molar-refractivity contribution < 1.29 is 55.0 Å². The summed E-state index contributed by atoms with van der Waals surface area (Å²) in [6.45, 7) is 7.24. The van der Waals surface area contributed by atoms with Crippen molar-refractivity contribution >= 4 is 44.6 Å². The molecule has 2 aliphatic carbocycles. The third kappa shape index (κ3) is 9.31. The molecule has 3 N–H and O–H groups in total. The van der Waals surface area contributed by atoms with Crippen LogP contribution in [0, 0.1) is 17.8 Å². The van der Waals surface area contributed by atoms with Gasteiger partial charge in [0.15, 0.2) is 0 Å². The van der Waals surface area contributed by atoms with Gasteiger partial charge in [-0.2, -0.15) is 13.2 Å². The molecule has 1 aromatic heterocycles. The molecule has 2 aromatic rings. The van der Waals surface area contributed by atoms with E-state index in [1.54, 1.807) is 25.1 Å². The molecule has 1 aromatic carbocycles. The molecule has 18 heteroatoms.